The monoisotopic (exact) mass is 660 g/mol. The molecule has 0 N–H and O–H groups in total. The Kier molecular flexibility index (Phi) is 7.57. The van der Waals surface area contributed by atoms with Gasteiger partial charge in [-0.25, -0.2) is 0 Å². The van der Waals surface area contributed by atoms with E-state index in [2.05, 4.69) is 114 Å². The average Bonchev–Trinajstić information content (AvgIpc) is 3.41. The van der Waals surface area contributed by atoms with Crippen molar-refractivity contribution in [1.29, 1.82) is 0 Å². The van der Waals surface area contributed by atoms with Crippen LogP contribution >= 0.6 is 0 Å². The van der Waals surface area contributed by atoms with Crippen LogP contribution in [-0.4, -0.2) is 0 Å². The summed E-state index contributed by atoms with van der Waals surface area (Å²) in [6.45, 7) is 2.07. The van der Waals surface area contributed by atoms with E-state index in [0.717, 1.165) is 11.4 Å². The second kappa shape index (κ2) is 11.4. The molecule has 1 radical (unpaired) electrons. The van der Waals surface area contributed by atoms with Gasteiger partial charge in [0.2, 0.25) is 0 Å². The first-order valence-corrected chi connectivity index (χ1v) is 12.1. The molecule has 185 valence electrons. The zero-order valence-corrected chi connectivity index (χ0v) is 22.2. The Morgan fingerprint density at radius 3 is 1.19 bits per heavy atom. The van der Waals surface area contributed by atoms with Gasteiger partial charge in [0.1, 0.15) is 0 Å². The van der Waals surface area contributed by atoms with Gasteiger partial charge < -0.3 is 15.1 Å². The summed E-state index contributed by atoms with van der Waals surface area (Å²) in [5.41, 5.74) is 9.34. The molecule has 3 nitrogen and oxygen atoms in total. The third kappa shape index (κ3) is 5.25. The molecule has 4 heteroatoms. The number of hydrogen-bond donors (Lipinski definition) is 0. The van der Waals surface area contributed by atoms with Crippen molar-refractivity contribution >= 4 is 22.7 Å². The number of benzene rings is 5. The molecular weight excluding hydrogens is 635 g/mol. The maximum absolute atomic E-state index is 4.82. The molecule has 2 aliphatic rings. The predicted molar refractivity (Wildman–Crippen MR) is 151 cm³/mol. The fourth-order valence-corrected chi connectivity index (χ4v) is 4.54. The largest absolute Gasteiger partial charge is 0.657 e. The van der Waals surface area contributed by atoms with Crippen LogP contribution in [-0.2, 0) is 22.4 Å². The molecule has 0 bridgehead atoms. The molecule has 0 aliphatic carbocycles. The van der Waals surface area contributed by atoms with E-state index in [1.807, 2.05) is 48.5 Å². The van der Waals surface area contributed by atoms with Gasteiger partial charge in [0.25, 0.3) is 0 Å². The van der Waals surface area contributed by atoms with Gasteiger partial charge in [-0.2, -0.15) is 0 Å². The van der Waals surface area contributed by atoms with Crippen molar-refractivity contribution in [3.8, 4) is 22.3 Å². The molecule has 2 heterocycles. The zero-order chi connectivity index (χ0) is 24.2. The maximum Gasteiger partial charge on any atom is 0.0124 e. The predicted octanol–water partition coefficient (Wildman–Crippen LogP) is 9.27. The van der Waals surface area contributed by atoms with E-state index < -0.39 is 0 Å². The molecular formula is C33H25AuN3-2. The van der Waals surface area contributed by atoms with Crippen molar-refractivity contribution in [2.75, 3.05) is 9.80 Å². The zero-order valence-electron chi connectivity index (χ0n) is 20.1. The Balaban J connectivity index is 0.000000148. The normalized spacial score (nSPS) is 12.5. The van der Waals surface area contributed by atoms with Gasteiger partial charge in [-0.1, -0.05) is 109 Å². The van der Waals surface area contributed by atoms with E-state index in [-0.39, 0.29) is 22.4 Å². The van der Waals surface area contributed by atoms with E-state index in [1.165, 1.54) is 33.6 Å². The van der Waals surface area contributed by atoms with Crippen molar-refractivity contribution in [1.82, 2.24) is 0 Å². The van der Waals surface area contributed by atoms with Gasteiger partial charge in [-0.05, 0) is 58.9 Å². The molecule has 0 saturated heterocycles. The molecule has 37 heavy (non-hydrogen) atoms. The average molecular weight is 661 g/mol. The maximum atomic E-state index is 4.82. The van der Waals surface area contributed by atoms with E-state index >= 15 is 0 Å². The van der Waals surface area contributed by atoms with Gasteiger partial charge in [0.05, 0.1) is 0 Å². The van der Waals surface area contributed by atoms with Crippen LogP contribution in [0.3, 0.4) is 0 Å². The number of nitrogens with zero attached hydrogens (tertiary/aromatic N) is 3. The van der Waals surface area contributed by atoms with Crippen LogP contribution in [0.5, 0.6) is 0 Å². The smallest absolute Gasteiger partial charge is 0.0124 e. The Morgan fingerprint density at radius 2 is 0.757 bits per heavy atom. The summed E-state index contributed by atoms with van der Waals surface area (Å²) in [6.07, 6.45) is 4.12. The van der Waals surface area contributed by atoms with Crippen LogP contribution in [0.4, 0.5) is 22.7 Å². The van der Waals surface area contributed by atoms with Gasteiger partial charge in [-0.15, -0.1) is 18.0 Å². The fourth-order valence-electron chi connectivity index (χ4n) is 4.54. The molecule has 0 unspecified atom stereocenters. The summed E-state index contributed by atoms with van der Waals surface area (Å²) >= 11 is 0. The molecule has 0 spiro atoms. The summed E-state index contributed by atoms with van der Waals surface area (Å²) in [4.78, 5) is 4.21. The van der Waals surface area contributed by atoms with E-state index in [0.29, 0.717) is 0 Å². The first kappa shape index (κ1) is 24.7. The summed E-state index contributed by atoms with van der Waals surface area (Å²) in [6, 6.07) is 45.8. The van der Waals surface area contributed by atoms with Crippen molar-refractivity contribution < 1.29 is 22.4 Å². The summed E-state index contributed by atoms with van der Waals surface area (Å²) < 4.78 is 0. The molecule has 7 rings (SSSR count). The summed E-state index contributed by atoms with van der Waals surface area (Å²) in [5, 5.41) is 4.82. The van der Waals surface area contributed by atoms with Gasteiger partial charge >= 0.3 is 0 Å². The van der Waals surface area contributed by atoms with Crippen molar-refractivity contribution in [2.45, 2.75) is 0 Å². The van der Waals surface area contributed by atoms with Gasteiger partial charge in [0.15, 0.2) is 0 Å². The SMILES string of the molecule is C1=CN(c2ccccc2)[CH-]N1c1ccccc1.[Au].c1ccc2c(c1)[N-]c1ccccc1-c1ccccc1-2. The van der Waals surface area contributed by atoms with E-state index in [1.54, 1.807) is 0 Å². The number of anilines is 2. The van der Waals surface area contributed by atoms with Crippen LogP contribution < -0.4 is 9.80 Å². The van der Waals surface area contributed by atoms with Crippen LogP contribution in [0.1, 0.15) is 0 Å². The molecule has 5 aromatic carbocycles. The third-order valence-electron chi connectivity index (χ3n) is 6.30. The number of para-hydroxylation sites is 4. The minimum absolute atomic E-state index is 0. The minimum atomic E-state index is 0. The van der Waals surface area contributed by atoms with Gasteiger partial charge in [0, 0.05) is 33.8 Å². The molecule has 5 aromatic rings. The van der Waals surface area contributed by atoms with Crippen LogP contribution in [0.15, 0.2) is 146 Å². The summed E-state index contributed by atoms with van der Waals surface area (Å²) in [5.74, 6) is 0. The topological polar surface area (TPSA) is 20.6 Å². The second-order valence-corrected chi connectivity index (χ2v) is 8.59. The first-order chi connectivity index (χ1) is 17.9. The standard InChI is InChI=1S/C18H12N.C15H13N2.Au/c1-2-8-14-13(7-1)15-9-3-5-11-17(15)19-18-12-6-4-10-16(14)18;1-3-7-14(8-4-1)16-11-12-17(13-16)15-9-5-2-6-10-15;/h1-12H;1-13H;/q2*-1;. The fraction of sp³-hybridized carbons (Fsp3) is 0. The molecule has 2 aliphatic heterocycles. The first-order valence-electron chi connectivity index (χ1n) is 12.1. The Hall–Kier alpha value is -4.02. The third-order valence-corrected chi connectivity index (χ3v) is 6.30. The number of hydrogen-bond acceptors (Lipinski definition) is 2. The van der Waals surface area contributed by atoms with E-state index in [4.69, 9.17) is 5.32 Å². The van der Waals surface area contributed by atoms with Crippen molar-refractivity contribution in [2.24, 2.45) is 0 Å². The molecule has 0 saturated carbocycles. The van der Waals surface area contributed by atoms with Crippen molar-refractivity contribution in [3.05, 3.63) is 158 Å². The van der Waals surface area contributed by atoms with Gasteiger partial charge in [-0.3, -0.25) is 0 Å². The quantitative estimate of drug-likeness (QED) is 0.136. The molecule has 0 fully saturated rings. The second-order valence-electron chi connectivity index (χ2n) is 8.59. The van der Waals surface area contributed by atoms with Crippen LogP contribution in [0, 0.1) is 6.67 Å². The van der Waals surface area contributed by atoms with Crippen LogP contribution in [0.2, 0.25) is 0 Å². The summed E-state index contributed by atoms with van der Waals surface area (Å²) in [7, 11) is 0. The molecule has 0 aromatic heterocycles. The van der Waals surface area contributed by atoms with Crippen LogP contribution in [0.25, 0.3) is 27.6 Å². The van der Waals surface area contributed by atoms with Crippen molar-refractivity contribution in [3.63, 3.8) is 0 Å². The minimum Gasteiger partial charge on any atom is -0.657 e. The Bertz CT molecular complexity index is 1390. The number of fused-ring (bicyclic) bond motifs is 5. The number of rotatable bonds is 2. The molecule has 0 atom stereocenters. The molecule has 0 amide bonds. The van der Waals surface area contributed by atoms with E-state index in [9.17, 15) is 0 Å². The Morgan fingerprint density at radius 1 is 0.405 bits per heavy atom. The Labute approximate surface area is 234 Å².